The van der Waals surface area contributed by atoms with Crippen molar-refractivity contribution in [3.63, 3.8) is 0 Å². The van der Waals surface area contributed by atoms with Gasteiger partial charge in [0.05, 0.1) is 49.3 Å². The predicted octanol–water partition coefficient (Wildman–Crippen LogP) is 6.42. The second-order valence-electron chi connectivity index (χ2n) is 11.3. The van der Waals surface area contributed by atoms with Crippen molar-refractivity contribution in [2.24, 2.45) is 0 Å². The molecule has 0 saturated carbocycles. The van der Waals surface area contributed by atoms with E-state index in [4.69, 9.17) is 0 Å². The maximum Gasteiger partial charge on any atom is 0.0594 e. The van der Waals surface area contributed by atoms with Crippen LogP contribution in [-0.4, -0.2) is 49.3 Å². The van der Waals surface area contributed by atoms with Crippen LogP contribution in [0, 0.1) is 0 Å². The zero-order chi connectivity index (χ0) is 26.0. The number of halogens is 2. The molecule has 0 aliphatic heterocycles. The minimum absolute atomic E-state index is 0. The van der Waals surface area contributed by atoms with E-state index in [1.54, 1.807) is 49.3 Å². The highest BCUT2D eigenvalue weighted by molar-refractivity contribution is 7.76. The van der Waals surface area contributed by atoms with Gasteiger partial charge < -0.3 is 41.0 Å². The first-order valence-corrected chi connectivity index (χ1v) is 21.2. The van der Waals surface area contributed by atoms with Crippen LogP contribution < -0.4 is 41.0 Å². The highest BCUT2D eigenvalue weighted by Gasteiger charge is 2.35. The molecular weight excluding hydrogens is 653 g/mol. The first kappa shape index (κ1) is 45.1. The number of rotatable bonds is 24. The third-order valence-electron chi connectivity index (χ3n) is 7.89. The Morgan fingerprint density at radius 3 is 0.472 bits per heavy atom. The molecule has 0 N–H and O–H groups in total. The minimum Gasteiger partial charge on any atom is -1.00 e. The van der Waals surface area contributed by atoms with E-state index in [1.807, 2.05) is 0 Å². The van der Waals surface area contributed by atoms with E-state index in [1.165, 1.54) is 103 Å². The molecule has 224 valence electrons. The summed E-state index contributed by atoms with van der Waals surface area (Å²) >= 11 is 0. The van der Waals surface area contributed by atoms with Crippen molar-refractivity contribution >= 4 is 14.5 Å². The number of hydrogen-bond donors (Lipinski definition) is 0. The van der Waals surface area contributed by atoms with Gasteiger partial charge in [0.25, 0.3) is 0 Å². The Kier molecular flexibility index (Phi) is 41.7. The van der Waals surface area contributed by atoms with Crippen LogP contribution in [0.15, 0.2) is 0 Å². The van der Waals surface area contributed by atoms with Gasteiger partial charge in [-0.1, -0.05) is 107 Å². The molecule has 0 amide bonds. The molecule has 0 aromatic rings. The van der Waals surface area contributed by atoms with Gasteiger partial charge in [0, 0.05) is 14.5 Å². The van der Waals surface area contributed by atoms with Gasteiger partial charge in [-0.25, -0.2) is 0 Å². The van der Waals surface area contributed by atoms with Gasteiger partial charge >= 0.3 is 0 Å². The Morgan fingerprint density at radius 1 is 0.278 bits per heavy atom. The van der Waals surface area contributed by atoms with Gasteiger partial charge in [0.1, 0.15) is 0 Å². The summed E-state index contributed by atoms with van der Waals surface area (Å²) in [6.45, 7) is 18.8. The topological polar surface area (TPSA) is 0 Å². The van der Waals surface area contributed by atoms with Crippen LogP contribution in [0.5, 0.6) is 0 Å². The third kappa shape index (κ3) is 25.1. The summed E-state index contributed by atoms with van der Waals surface area (Å²) in [5.41, 5.74) is 0. The van der Waals surface area contributed by atoms with Gasteiger partial charge in [0.2, 0.25) is 0 Å². The molecule has 0 heterocycles. The summed E-state index contributed by atoms with van der Waals surface area (Å²) in [6, 6.07) is 0. The molecule has 0 aromatic heterocycles. The third-order valence-corrected chi connectivity index (χ3v) is 18.0. The Balaban J connectivity index is -0.000000269. The largest absolute Gasteiger partial charge is 1.00 e. The Morgan fingerprint density at radius 2 is 0.389 bits per heavy atom. The van der Waals surface area contributed by atoms with Gasteiger partial charge in [0.15, 0.2) is 0 Å². The van der Waals surface area contributed by atoms with E-state index in [0.717, 1.165) is 0 Å². The maximum absolute atomic E-state index is 2.36. The maximum atomic E-state index is 2.36. The first-order chi connectivity index (χ1) is 16.5. The smallest absolute Gasteiger partial charge is 0.0594 e. The van der Waals surface area contributed by atoms with Crippen molar-refractivity contribution in [2.75, 3.05) is 49.3 Å². The van der Waals surface area contributed by atoms with Gasteiger partial charge in [-0.15, -0.1) is 0 Å². The zero-order valence-electron chi connectivity index (χ0n) is 26.6. The van der Waals surface area contributed by atoms with Crippen molar-refractivity contribution in [3.05, 3.63) is 0 Å². The molecule has 0 atom stereocenters. The van der Waals surface area contributed by atoms with E-state index in [0.29, 0.717) is 0 Å². The minimum atomic E-state index is -0.562. The molecule has 0 fully saturated rings. The Hall–Kier alpha value is 2.07. The van der Waals surface area contributed by atoms with Gasteiger partial charge in [-0.05, 0) is 51.4 Å². The molecule has 0 rings (SSSR count). The Bertz CT molecular complexity index is 281. The van der Waals surface area contributed by atoms with Crippen molar-refractivity contribution in [1.82, 2.24) is 0 Å². The summed E-state index contributed by atoms with van der Waals surface area (Å²) in [5.74, 6) is 0. The average molecular weight is 726 g/mol. The van der Waals surface area contributed by atoms with Crippen LogP contribution in [0.25, 0.3) is 0 Å². The van der Waals surface area contributed by atoms with E-state index >= 15 is 0 Å². The molecule has 0 saturated heterocycles. The van der Waals surface area contributed by atoms with E-state index in [9.17, 15) is 0 Å². The molecule has 0 radical (unpaired) electrons. The predicted molar refractivity (Wildman–Crippen MR) is 172 cm³/mol. The van der Waals surface area contributed by atoms with E-state index < -0.39 is 14.5 Å². The fraction of sp³-hybridized carbons (Fsp3) is 1.00. The van der Waals surface area contributed by atoms with Crippen LogP contribution in [0.1, 0.15) is 158 Å². The average Bonchev–Trinajstić information content (AvgIpc) is 2.87. The second kappa shape index (κ2) is 33.3. The fourth-order valence-corrected chi connectivity index (χ4v) is 15.9. The van der Waals surface area contributed by atoms with Crippen LogP contribution in [0.3, 0.4) is 0 Å². The summed E-state index contributed by atoms with van der Waals surface area (Å²) in [5, 5.41) is 0. The fourth-order valence-electron chi connectivity index (χ4n) is 5.29. The summed E-state index contributed by atoms with van der Waals surface area (Å²) < 4.78 is 0. The molecule has 0 unspecified atom stereocenters. The lowest BCUT2D eigenvalue weighted by atomic mass is 10.4. The molecule has 0 nitrogen and oxygen atoms in total. The molecule has 0 aliphatic carbocycles. The lowest BCUT2D eigenvalue weighted by Crippen LogP contribution is -3.00. The Labute approximate surface area is 261 Å². The normalized spacial score (nSPS) is 11.3. The van der Waals surface area contributed by atoms with Crippen LogP contribution >= 0.6 is 14.5 Å². The highest BCUT2D eigenvalue weighted by atomic mass is 127. The van der Waals surface area contributed by atoms with E-state index in [2.05, 4.69) is 55.4 Å². The van der Waals surface area contributed by atoms with Crippen LogP contribution in [0.4, 0.5) is 0 Å². The van der Waals surface area contributed by atoms with E-state index in [-0.39, 0.29) is 41.0 Å². The van der Waals surface area contributed by atoms with Crippen molar-refractivity contribution < 1.29 is 41.0 Å². The van der Waals surface area contributed by atoms with Gasteiger partial charge in [-0.2, -0.15) is 0 Å². The highest BCUT2D eigenvalue weighted by Crippen LogP contribution is 2.62. The number of hydrogen-bond acceptors (Lipinski definition) is 0. The molecule has 0 spiro atoms. The van der Waals surface area contributed by atoms with Crippen molar-refractivity contribution in [1.29, 1.82) is 0 Å². The second-order valence-corrected chi connectivity index (χ2v) is 20.2. The summed E-state index contributed by atoms with van der Waals surface area (Å²) in [7, 11) is -1.12. The lowest BCUT2D eigenvalue weighted by Gasteiger charge is -2.28. The first-order valence-electron chi connectivity index (χ1n) is 16.2. The molecule has 0 aromatic carbocycles. The van der Waals surface area contributed by atoms with Crippen molar-refractivity contribution in [2.45, 2.75) is 158 Å². The summed E-state index contributed by atoms with van der Waals surface area (Å²) in [4.78, 5) is 0. The van der Waals surface area contributed by atoms with Gasteiger partial charge in [-0.3, -0.25) is 0 Å². The monoisotopic (exact) mass is 724 g/mol. The molecule has 0 bridgehead atoms. The standard InChI is InChI=1S/2C16H36P.BrH.HI/c2*1-5-9-13-17(14-10-6-2,15-11-7-3)16-12-8-4;;/h2*5-16H2,1-4H3;2*1H/q2*+1;;/p-2. The molecule has 0 aliphatic rings. The summed E-state index contributed by atoms with van der Waals surface area (Å²) in [6.07, 6.45) is 35.9. The molecular formula is C32H72BrIP2. The molecule has 36 heavy (non-hydrogen) atoms. The SMILES string of the molecule is CCCC[P+](CCCC)(CCCC)CCCC.CCCC[P+](CCCC)(CCCC)CCCC.[Br-].[I-]. The van der Waals surface area contributed by atoms with Crippen LogP contribution in [0.2, 0.25) is 0 Å². The van der Waals surface area contributed by atoms with Crippen LogP contribution in [-0.2, 0) is 0 Å². The molecule has 4 heteroatoms. The lowest BCUT2D eigenvalue weighted by molar-refractivity contribution is -0.00100. The quantitative estimate of drug-likeness (QED) is 0.0797. The van der Waals surface area contributed by atoms with Crippen molar-refractivity contribution in [3.8, 4) is 0 Å². The zero-order valence-corrected chi connectivity index (χ0v) is 32.2. The number of unbranched alkanes of at least 4 members (excludes halogenated alkanes) is 8.